The summed E-state index contributed by atoms with van der Waals surface area (Å²) in [7, 11) is -5.15. The first-order valence-corrected chi connectivity index (χ1v) is 5.20. The molecule has 0 radical (unpaired) electrons. The van der Waals surface area contributed by atoms with E-state index >= 15 is 0 Å². The fraction of sp³-hybridized carbons (Fsp3) is 0.500. The Morgan fingerprint density at radius 1 is 1.16 bits per heavy atom. The van der Waals surface area contributed by atoms with Crippen LogP contribution in [0.25, 0.3) is 0 Å². The molecule has 1 unspecified atom stereocenters. The number of carboxylic acids is 2. The molecule has 0 aliphatic carbocycles. The van der Waals surface area contributed by atoms with E-state index in [1.165, 1.54) is 0 Å². The molecule has 0 saturated carbocycles. The number of aliphatic carboxylic acids is 2. The molecule has 0 aliphatic heterocycles. The van der Waals surface area contributed by atoms with Gasteiger partial charge < -0.3 is 27.1 Å². The van der Waals surface area contributed by atoms with E-state index in [-0.39, 0.29) is 37.1 Å². The smallest absolute Gasteiger partial charge is 1.00 e. The van der Waals surface area contributed by atoms with E-state index in [0.29, 0.717) is 0 Å². The van der Waals surface area contributed by atoms with Gasteiger partial charge in [0.05, 0.1) is 12.8 Å². The van der Waals surface area contributed by atoms with Crippen LogP contribution in [0.4, 0.5) is 0 Å². The molecule has 0 amide bonds. The summed E-state index contributed by atoms with van der Waals surface area (Å²) in [5.74, 6) is -5.58. The minimum absolute atomic E-state index is 0. The topological polar surface area (TPSA) is 210 Å². The Morgan fingerprint density at radius 3 is 1.84 bits per heavy atom. The molecule has 0 aliphatic rings. The Morgan fingerprint density at radius 2 is 1.58 bits per heavy atom. The van der Waals surface area contributed by atoms with Gasteiger partial charge >= 0.3 is 57.9 Å². The molecule has 0 aromatic carbocycles. The standard InChI is InChI=1S/C6H8O10S.H3N.Na.H/c7-3(8)1-6(12,5(10)11)2-4(9)16-17(13,14)15;;;/h12H,1-2H2,(H,7,8)(H,10,11)(H,13,14,15);1H3;;/q;;+1;-1. The molecule has 11 nitrogen and oxygen atoms in total. The van der Waals surface area contributed by atoms with Crippen LogP contribution in [0.5, 0.6) is 0 Å². The average Bonchev–Trinajstić information content (AvgIpc) is 1.96. The third kappa shape index (κ3) is 9.77. The van der Waals surface area contributed by atoms with Gasteiger partial charge in [0, 0.05) is 0 Å². The Balaban J connectivity index is -0.000000427. The number of rotatable bonds is 6. The van der Waals surface area contributed by atoms with Crippen molar-refractivity contribution in [2.45, 2.75) is 18.4 Å². The molecule has 0 spiro atoms. The van der Waals surface area contributed by atoms with E-state index in [9.17, 15) is 27.9 Å². The van der Waals surface area contributed by atoms with E-state index in [0.717, 1.165) is 0 Å². The largest absolute Gasteiger partial charge is 1.00 e. The summed E-state index contributed by atoms with van der Waals surface area (Å²) in [5.41, 5.74) is -3.02. The van der Waals surface area contributed by atoms with Gasteiger partial charge in [-0.2, -0.15) is 8.42 Å². The first kappa shape index (κ1) is 23.3. The first-order valence-electron chi connectivity index (χ1n) is 3.83. The zero-order chi connectivity index (χ0) is 13.9. The van der Waals surface area contributed by atoms with Gasteiger partial charge in [-0.1, -0.05) is 0 Å². The van der Waals surface area contributed by atoms with Gasteiger partial charge in [0.15, 0.2) is 5.60 Å². The first-order chi connectivity index (χ1) is 7.46. The number of carbonyl (C=O) groups excluding carboxylic acids is 1. The summed E-state index contributed by atoms with van der Waals surface area (Å²) in [4.78, 5) is 31.6. The zero-order valence-electron chi connectivity index (χ0n) is 10.8. The van der Waals surface area contributed by atoms with Crippen LogP contribution in [-0.4, -0.2) is 51.8 Å². The summed E-state index contributed by atoms with van der Waals surface area (Å²) in [5, 5.41) is 26.1. The SMILES string of the molecule is N.O=C(O)CC(O)(CC(=O)OS(=O)(=O)O)C(=O)O.[H-].[Na+]. The predicted molar refractivity (Wildman–Crippen MR) is 53.2 cm³/mol. The van der Waals surface area contributed by atoms with Crippen molar-refractivity contribution in [3.63, 3.8) is 0 Å². The van der Waals surface area contributed by atoms with E-state index in [4.69, 9.17) is 14.8 Å². The van der Waals surface area contributed by atoms with Crippen molar-refractivity contribution in [2.24, 2.45) is 0 Å². The summed E-state index contributed by atoms with van der Waals surface area (Å²) in [6, 6.07) is 0. The number of carbonyl (C=O) groups is 3. The number of hydrogen-bond acceptors (Lipinski definition) is 8. The fourth-order valence-corrected chi connectivity index (χ4v) is 1.14. The monoisotopic (exact) mass is 313 g/mol. The fourth-order valence-electron chi connectivity index (χ4n) is 0.850. The molecule has 0 fully saturated rings. The molecule has 108 valence electrons. The van der Waals surface area contributed by atoms with Gasteiger partial charge in [0.2, 0.25) is 0 Å². The number of carboxylic acid groups (broad SMARTS) is 2. The van der Waals surface area contributed by atoms with Gasteiger partial charge in [-0.3, -0.25) is 14.1 Å². The third-order valence-corrected chi connectivity index (χ3v) is 1.87. The minimum atomic E-state index is -5.15. The van der Waals surface area contributed by atoms with Crippen molar-refractivity contribution in [1.29, 1.82) is 0 Å². The van der Waals surface area contributed by atoms with Gasteiger partial charge in [-0.25, -0.2) is 4.79 Å². The van der Waals surface area contributed by atoms with Gasteiger partial charge in [-0.15, -0.1) is 0 Å². The van der Waals surface area contributed by atoms with Crippen molar-refractivity contribution in [3.8, 4) is 0 Å². The Hall–Kier alpha value is -0.760. The number of hydrogen-bond donors (Lipinski definition) is 5. The molecular formula is C6H12NNaO10S. The van der Waals surface area contributed by atoms with Crippen LogP contribution in [0.2, 0.25) is 0 Å². The molecule has 0 rings (SSSR count). The maximum atomic E-state index is 10.8. The minimum Gasteiger partial charge on any atom is -1.00 e. The molecule has 0 aromatic heterocycles. The molecule has 0 bridgehead atoms. The second-order valence-electron chi connectivity index (χ2n) is 2.97. The molecule has 0 saturated heterocycles. The van der Waals surface area contributed by atoms with Crippen molar-refractivity contribution < 1.29 is 77.8 Å². The second-order valence-corrected chi connectivity index (χ2v) is 3.99. The van der Waals surface area contributed by atoms with E-state index < -0.39 is 46.7 Å². The maximum Gasteiger partial charge on any atom is 1.00 e. The van der Waals surface area contributed by atoms with Crippen LogP contribution < -0.4 is 35.7 Å². The van der Waals surface area contributed by atoms with Crippen LogP contribution in [0.3, 0.4) is 0 Å². The van der Waals surface area contributed by atoms with Crippen molar-refractivity contribution >= 4 is 28.3 Å². The van der Waals surface area contributed by atoms with Crippen molar-refractivity contribution in [2.75, 3.05) is 0 Å². The summed E-state index contributed by atoms with van der Waals surface area (Å²) < 4.78 is 31.6. The van der Waals surface area contributed by atoms with Crippen LogP contribution in [0.1, 0.15) is 14.3 Å². The quantitative estimate of drug-likeness (QED) is 0.232. The molecular weight excluding hydrogens is 301 g/mol. The molecule has 0 heterocycles. The summed E-state index contributed by atoms with van der Waals surface area (Å²) in [6.45, 7) is 0. The molecule has 13 heteroatoms. The van der Waals surface area contributed by atoms with Gasteiger partial charge in [0.1, 0.15) is 0 Å². The Bertz CT molecular complexity index is 453. The van der Waals surface area contributed by atoms with Gasteiger partial charge in [0.25, 0.3) is 0 Å². The van der Waals surface area contributed by atoms with Crippen LogP contribution in [-0.2, 0) is 29.0 Å². The zero-order valence-corrected chi connectivity index (χ0v) is 12.6. The van der Waals surface area contributed by atoms with Crippen molar-refractivity contribution in [3.05, 3.63) is 0 Å². The van der Waals surface area contributed by atoms with Crippen molar-refractivity contribution in [1.82, 2.24) is 6.15 Å². The predicted octanol–water partition coefficient (Wildman–Crippen LogP) is -4.71. The van der Waals surface area contributed by atoms with E-state index in [1.807, 2.05) is 0 Å². The molecule has 7 N–H and O–H groups in total. The van der Waals surface area contributed by atoms with E-state index in [2.05, 4.69) is 4.18 Å². The van der Waals surface area contributed by atoms with E-state index in [1.54, 1.807) is 0 Å². The Kier molecular flexibility index (Phi) is 10.3. The average molecular weight is 313 g/mol. The van der Waals surface area contributed by atoms with Crippen LogP contribution in [0.15, 0.2) is 0 Å². The van der Waals surface area contributed by atoms with Gasteiger partial charge in [-0.05, 0) is 0 Å². The molecule has 1 atom stereocenters. The normalized spacial score (nSPS) is 13.2. The molecule has 0 aromatic rings. The van der Waals surface area contributed by atoms with Crippen LogP contribution in [0, 0.1) is 0 Å². The third-order valence-electron chi connectivity index (χ3n) is 1.48. The summed E-state index contributed by atoms with van der Waals surface area (Å²) in [6.07, 6.45) is -2.79. The number of aliphatic hydroxyl groups is 1. The Labute approximate surface area is 130 Å². The van der Waals surface area contributed by atoms with Crippen LogP contribution >= 0.6 is 0 Å². The molecule has 19 heavy (non-hydrogen) atoms. The maximum absolute atomic E-state index is 10.8. The summed E-state index contributed by atoms with van der Waals surface area (Å²) >= 11 is 0. The second kappa shape index (κ2) is 8.42.